The maximum absolute atomic E-state index is 12.3. The van der Waals surface area contributed by atoms with Crippen molar-refractivity contribution < 1.29 is 9.53 Å². The molecule has 1 saturated heterocycles. The van der Waals surface area contributed by atoms with Crippen LogP contribution in [0.4, 0.5) is 4.79 Å². The van der Waals surface area contributed by atoms with E-state index in [0.717, 1.165) is 56.0 Å². The Kier molecular flexibility index (Phi) is 5.42. The molecular weight excluding hydrogens is 288 g/mol. The molecular formula is C19H28N2O2. The van der Waals surface area contributed by atoms with Gasteiger partial charge in [-0.2, -0.15) is 0 Å². The van der Waals surface area contributed by atoms with Crippen molar-refractivity contribution >= 4 is 6.03 Å². The summed E-state index contributed by atoms with van der Waals surface area (Å²) in [6.45, 7) is 4.53. The number of ether oxygens (including phenoxy) is 1. The summed E-state index contributed by atoms with van der Waals surface area (Å²) in [5, 5.41) is 3.06. The molecule has 4 nitrogen and oxygen atoms in total. The molecule has 0 aromatic heterocycles. The second kappa shape index (κ2) is 7.71. The zero-order chi connectivity index (χ0) is 16.1. The Labute approximate surface area is 139 Å². The number of carbonyl (C=O) groups is 1. The third kappa shape index (κ3) is 4.40. The molecule has 2 amide bonds. The van der Waals surface area contributed by atoms with Gasteiger partial charge in [-0.15, -0.1) is 0 Å². The van der Waals surface area contributed by atoms with E-state index in [9.17, 15) is 4.79 Å². The first-order valence-electron chi connectivity index (χ1n) is 8.99. The van der Waals surface area contributed by atoms with Crippen LogP contribution in [0.3, 0.4) is 0 Å². The number of nitrogens with one attached hydrogen (secondary N) is 1. The summed E-state index contributed by atoms with van der Waals surface area (Å²) in [6, 6.07) is 8.12. The van der Waals surface area contributed by atoms with E-state index >= 15 is 0 Å². The predicted molar refractivity (Wildman–Crippen MR) is 91.5 cm³/mol. The van der Waals surface area contributed by atoms with Gasteiger partial charge in [0, 0.05) is 25.2 Å². The SMILES string of the molecule is CC1CCN(C(=O)NCc2ccccc2OC2CCCC2)CC1. The number of benzene rings is 1. The lowest BCUT2D eigenvalue weighted by Crippen LogP contribution is -2.43. The zero-order valence-electron chi connectivity index (χ0n) is 14.1. The smallest absolute Gasteiger partial charge is 0.317 e. The van der Waals surface area contributed by atoms with Crippen LogP contribution in [0.1, 0.15) is 51.0 Å². The Morgan fingerprint density at radius 3 is 2.61 bits per heavy atom. The first-order chi connectivity index (χ1) is 11.2. The van der Waals surface area contributed by atoms with Gasteiger partial charge < -0.3 is 15.0 Å². The summed E-state index contributed by atoms with van der Waals surface area (Å²) < 4.78 is 6.13. The van der Waals surface area contributed by atoms with Crippen LogP contribution in [0, 0.1) is 5.92 Å². The lowest BCUT2D eigenvalue weighted by Gasteiger charge is -2.30. The number of para-hydroxylation sites is 1. The van der Waals surface area contributed by atoms with E-state index in [0.29, 0.717) is 12.6 Å². The van der Waals surface area contributed by atoms with Crippen molar-refractivity contribution in [2.75, 3.05) is 13.1 Å². The first-order valence-corrected chi connectivity index (χ1v) is 8.99. The summed E-state index contributed by atoms with van der Waals surface area (Å²) in [4.78, 5) is 14.2. The number of hydrogen-bond donors (Lipinski definition) is 1. The minimum Gasteiger partial charge on any atom is -0.490 e. The van der Waals surface area contributed by atoms with Gasteiger partial charge in [0.1, 0.15) is 5.75 Å². The predicted octanol–water partition coefficient (Wildman–Crippen LogP) is 3.95. The van der Waals surface area contributed by atoms with Gasteiger partial charge >= 0.3 is 6.03 Å². The van der Waals surface area contributed by atoms with E-state index < -0.39 is 0 Å². The third-order valence-corrected chi connectivity index (χ3v) is 5.07. The highest BCUT2D eigenvalue weighted by molar-refractivity contribution is 5.74. The van der Waals surface area contributed by atoms with Crippen molar-refractivity contribution in [3.8, 4) is 5.75 Å². The number of likely N-dealkylation sites (tertiary alicyclic amines) is 1. The van der Waals surface area contributed by atoms with Gasteiger partial charge in [-0.05, 0) is 50.5 Å². The van der Waals surface area contributed by atoms with E-state index in [1.165, 1.54) is 12.8 Å². The number of urea groups is 1. The quantitative estimate of drug-likeness (QED) is 0.914. The molecule has 23 heavy (non-hydrogen) atoms. The molecule has 126 valence electrons. The third-order valence-electron chi connectivity index (χ3n) is 5.07. The van der Waals surface area contributed by atoms with E-state index in [2.05, 4.69) is 12.2 Å². The fraction of sp³-hybridized carbons (Fsp3) is 0.632. The maximum atomic E-state index is 12.3. The number of carbonyl (C=O) groups excluding carboxylic acids is 1. The van der Waals surface area contributed by atoms with Crippen LogP contribution < -0.4 is 10.1 Å². The summed E-state index contributed by atoms with van der Waals surface area (Å²) in [5.74, 6) is 1.66. The number of nitrogens with zero attached hydrogens (tertiary/aromatic N) is 1. The molecule has 2 aliphatic rings. The van der Waals surface area contributed by atoms with Crippen LogP contribution in [-0.2, 0) is 6.54 Å². The summed E-state index contributed by atoms with van der Waals surface area (Å²) in [5.41, 5.74) is 1.07. The average Bonchev–Trinajstić information content (AvgIpc) is 3.07. The highest BCUT2D eigenvalue weighted by Crippen LogP contribution is 2.26. The van der Waals surface area contributed by atoms with Gasteiger partial charge in [0.05, 0.1) is 6.10 Å². The highest BCUT2D eigenvalue weighted by atomic mass is 16.5. The summed E-state index contributed by atoms with van der Waals surface area (Å²) >= 11 is 0. The molecule has 0 atom stereocenters. The Hall–Kier alpha value is -1.71. The van der Waals surface area contributed by atoms with Crippen LogP contribution in [0.5, 0.6) is 5.75 Å². The second-order valence-corrected chi connectivity index (χ2v) is 6.96. The van der Waals surface area contributed by atoms with E-state index in [-0.39, 0.29) is 6.03 Å². The molecule has 1 N–H and O–H groups in total. The zero-order valence-corrected chi connectivity index (χ0v) is 14.1. The molecule has 1 saturated carbocycles. The molecule has 1 aliphatic heterocycles. The molecule has 1 aromatic rings. The van der Waals surface area contributed by atoms with Crippen LogP contribution in [0.2, 0.25) is 0 Å². The molecule has 1 aromatic carbocycles. The van der Waals surface area contributed by atoms with E-state index in [4.69, 9.17) is 4.74 Å². The Morgan fingerprint density at radius 2 is 1.87 bits per heavy atom. The minimum atomic E-state index is 0.0487. The van der Waals surface area contributed by atoms with Crippen molar-refractivity contribution in [1.82, 2.24) is 10.2 Å². The standard InChI is InChI=1S/C19H28N2O2/c1-15-10-12-21(13-11-15)19(22)20-14-16-6-2-5-9-18(16)23-17-7-3-4-8-17/h2,5-6,9,15,17H,3-4,7-8,10-14H2,1H3,(H,20,22). The van der Waals surface area contributed by atoms with E-state index in [1.54, 1.807) is 0 Å². The van der Waals surface area contributed by atoms with Crippen LogP contribution >= 0.6 is 0 Å². The maximum Gasteiger partial charge on any atom is 0.317 e. The van der Waals surface area contributed by atoms with E-state index in [1.807, 2.05) is 29.2 Å². The normalized spacial score (nSPS) is 19.8. The van der Waals surface area contributed by atoms with Crippen molar-refractivity contribution in [3.63, 3.8) is 0 Å². The first kappa shape index (κ1) is 16.2. The van der Waals surface area contributed by atoms with Gasteiger partial charge in [-0.25, -0.2) is 4.79 Å². The summed E-state index contributed by atoms with van der Waals surface area (Å²) in [6.07, 6.45) is 7.37. The fourth-order valence-corrected chi connectivity index (χ4v) is 3.44. The monoisotopic (exact) mass is 316 g/mol. The molecule has 0 unspecified atom stereocenters. The minimum absolute atomic E-state index is 0.0487. The van der Waals surface area contributed by atoms with Crippen molar-refractivity contribution in [2.45, 2.75) is 58.1 Å². The van der Waals surface area contributed by atoms with Gasteiger partial charge in [0.15, 0.2) is 0 Å². The Morgan fingerprint density at radius 1 is 1.17 bits per heavy atom. The molecule has 1 aliphatic carbocycles. The molecule has 0 spiro atoms. The Balaban J connectivity index is 1.54. The topological polar surface area (TPSA) is 41.6 Å². The van der Waals surface area contributed by atoms with Crippen LogP contribution in [-0.4, -0.2) is 30.1 Å². The van der Waals surface area contributed by atoms with Crippen LogP contribution in [0.15, 0.2) is 24.3 Å². The number of rotatable bonds is 4. The number of piperidine rings is 1. The average molecular weight is 316 g/mol. The number of amides is 2. The lowest BCUT2D eigenvalue weighted by atomic mass is 10.00. The molecule has 3 rings (SSSR count). The van der Waals surface area contributed by atoms with Crippen molar-refractivity contribution in [2.24, 2.45) is 5.92 Å². The fourth-order valence-electron chi connectivity index (χ4n) is 3.44. The van der Waals surface area contributed by atoms with Gasteiger partial charge in [0.25, 0.3) is 0 Å². The van der Waals surface area contributed by atoms with Gasteiger partial charge in [-0.3, -0.25) is 0 Å². The number of hydrogen-bond acceptors (Lipinski definition) is 2. The Bertz CT molecular complexity index is 518. The second-order valence-electron chi connectivity index (χ2n) is 6.96. The molecule has 2 fully saturated rings. The molecule has 4 heteroatoms. The van der Waals surface area contributed by atoms with Crippen molar-refractivity contribution in [1.29, 1.82) is 0 Å². The molecule has 1 heterocycles. The highest BCUT2D eigenvalue weighted by Gasteiger charge is 2.21. The summed E-state index contributed by atoms with van der Waals surface area (Å²) in [7, 11) is 0. The lowest BCUT2D eigenvalue weighted by molar-refractivity contribution is 0.173. The largest absolute Gasteiger partial charge is 0.490 e. The molecule has 0 radical (unpaired) electrons. The van der Waals surface area contributed by atoms with Gasteiger partial charge in [0.2, 0.25) is 0 Å². The van der Waals surface area contributed by atoms with Gasteiger partial charge in [-0.1, -0.05) is 25.1 Å². The van der Waals surface area contributed by atoms with Crippen LogP contribution in [0.25, 0.3) is 0 Å². The molecule has 0 bridgehead atoms. The van der Waals surface area contributed by atoms with Crippen molar-refractivity contribution in [3.05, 3.63) is 29.8 Å².